The zero-order valence-electron chi connectivity index (χ0n) is 12.8. The first-order valence-corrected chi connectivity index (χ1v) is 7.68. The third-order valence-corrected chi connectivity index (χ3v) is 4.31. The number of hydrogen-bond acceptors (Lipinski definition) is 2. The Morgan fingerprint density at radius 2 is 2.05 bits per heavy atom. The summed E-state index contributed by atoms with van der Waals surface area (Å²) in [6, 6.07) is 6.49. The lowest BCUT2D eigenvalue weighted by molar-refractivity contribution is -0.122. The van der Waals surface area contributed by atoms with E-state index >= 15 is 0 Å². The molecule has 1 amide bonds. The summed E-state index contributed by atoms with van der Waals surface area (Å²) in [4.78, 5) is 12.0. The fourth-order valence-corrected chi connectivity index (χ4v) is 2.82. The summed E-state index contributed by atoms with van der Waals surface area (Å²) in [6.45, 7) is 9.09. The van der Waals surface area contributed by atoms with Crippen LogP contribution in [0.1, 0.15) is 50.3 Å². The van der Waals surface area contributed by atoms with Crippen molar-refractivity contribution in [2.45, 2.75) is 53.2 Å². The molecule has 0 aromatic heterocycles. The van der Waals surface area contributed by atoms with E-state index in [9.17, 15) is 4.79 Å². The van der Waals surface area contributed by atoms with Crippen molar-refractivity contribution in [1.82, 2.24) is 10.6 Å². The molecule has 0 spiro atoms. The van der Waals surface area contributed by atoms with E-state index in [2.05, 4.69) is 49.6 Å². The smallest absolute Gasteiger partial charge is 0.220 e. The monoisotopic (exact) mass is 274 g/mol. The molecule has 2 rings (SSSR count). The molecule has 0 saturated carbocycles. The van der Waals surface area contributed by atoms with Gasteiger partial charge in [-0.2, -0.15) is 0 Å². The molecule has 0 fully saturated rings. The van der Waals surface area contributed by atoms with E-state index in [-0.39, 0.29) is 5.91 Å². The zero-order valence-corrected chi connectivity index (χ0v) is 12.8. The van der Waals surface area contributed by atoms with E-state index in [1.807, 2.05) is 0 Å². The van der Waals surface area contributed by atoms with Crippen LogP contribution in [-0.4, -0.2) is 5.91 Å². The van der Waals surface area contributed by atoms with Gasteiger partial charge in [-0.25, -0.2) is 0 Å². The van der Waals surface area contributed by atoms with Crippen LogP contribution in [0.25, 0.3) is 0 Å². The first-order chi connectivity index (χ1) is 9.60. The molecule has 0 bridgehead atoms. The maximum absolute atomic E-state index is 12.0. The van der Waals surface area contributed by atoms with Crippen LogP contribution < -0.4 is 10.6 Å². The van der Waals surface area contributed by atoms with Gasteiger partial charge < -0.3 is 10.6 Å². The number of nitrogens with one attached hydrogen (secondary N) is 2. The fourth-order valence-electron chi connectivity index (χ4n) is 2.82. The predicted molar refractivity (Wildman–Crippen MR) is 82.1 cm³/mol. The van der Waals surface area contributed by atoms with Crippen LogP contribution in [0, 0.1) is 11.8 Å². The topological polar surface area (TPSA) is 41.1 Å². The SMILES string of the molecule is CCC(CC(=O)NCc1ccc2c(c1)CNC2)C(C)C. The standard InChI is InChI=1S/C17H26N2O/c1-4-14(12(2)3)8-17(20)19-9-13-5-6-15-10-18-11-16(15)7-13/h5-7,12,14,18H,4,8-11H2,1-3H3,(H,19,20). The molecule has 1 unspecified atom stereocenters. The van der Waals surface area contributed by atoms with Crippen molar-refractivity contribution in [2.75, 3.05) is 0 Å². The fraction of sp³-hybridized carbons (Fsp3) is 0.588. The second kappa shape index (κ2) is 6.89. The number of fused-ring (bicyclic) bond motifs is 1. The molecule has 1 aliphatic rings. The third kappa shape index (κ3) is 3.83. The normalized spacial score (nSPS) is 15.2. The molecule has 1 aromatic rings. The van der Waals surface area contributed by atoms with Crippen molar-refractivity contribution in [2.24, 2.45) is 11.8 Å². The van der Waals surface area contributed by atoms with Crippen LogP contribution in [0.4, 0.5) is 0 Å². The van der Waals surface area contributed by atoms with Gasteiger partial charge in [-0.15, -0.1) is 0 Å². The third-order valence-electron chi connectivity index (χ3n) is 4.31. The molecule has 1 aliphatic heterocycles. The van der Waals surface area contributed by atoms with E-state index in [1.54, 1.807) is 0 Å². The van der Waals surface area contributed by atoms with Gasteiger partial charge in [-0.1, -0.05) is 45.4 Å². The van der Waals surface area contributed by atoms with Crippen molar-refractivity contribution in [3.63, 3.8) is 0 Å². The quantitative estimate of drug-likeness (QED) is 0.837. The van der Waals surface area contributed by atoms with Gasteiger partial charge >= 0.3 is 0 Å². The molecule has 2 N–H and O–H groups in total. The highest BCUT2D eigenvalue weighted by Gasteiger charge is 2.15. The van der Waals surface area contributed by atoms with Gasteiger partial charge in [-0.3, -0.25) is 4.79 Å². The van der Waals surface area contributed by atoms with Gasteiger partial charge in [-0.05, 0) is 28.5 Å². The van der Waals surface area contributed by atoms with E-state index in [0.29, 0.717) is 24.8 Å². The molecular formula is C17H26N2O. The summed E-state index contributed by atoms with van der Waals surface area (Å²) in [5, 5.41) is 6.39. The molecule has 3 nitrogen and oxygen atoms in total. The average molecular weight is 274 g/mol. The largest absolute Gasteiger partial charge is 0.352 e. The second-order valence-electron chi connectivity index (χ2n) is 6.10. The molecule has 1 atom stereocenters. The highest BCUT2D eigenvalue weighted by atomic mass is 16.1. The number of benzene rings is 1. The van der Waals surface area contributed by atoms with Crippen LogP contribution in [0.3, 0.4) is 0 Å². The molecule has 110 valence electrons. The molecule has 0 saturated heterocycles. The Bertz CT molecular complexity index is 468. The number of carbonyl (C=O) groups excluding carboxylic acids is 1. The number of amides is 1. The Labute approximate surface area is 122 Å². The highest BCUT2D eigenvalue weighted by Crippen LogP contribution is 2.19. The minimum atomic E-state index is 0.171. The molecule has 0 aliphatic carbocycles. The maximum atomic E-state index is 12.0. The molecule has 20 heavy (non-hydrogen) atoms. The Morgan fingerprint density at radius 3 is 2.75 bits per heavy atom. The summed E-state index contributed by atoms with van der Waals surface area (Å²) in [5.41, 5.74) is 3.94. The van der Waals surface area contributed by atoms with Gasteiger partial charge in [0.2, 0.25) is 5.91 Å². The van der Waals surface area contributed by atoms with Crippen LogP contribution in [0.15, 0.2) is 18.2 Å². The van der Waals surface area contributed by atoms with Crippen molar-refractivity contribution in [3.8, 4) is 0 Å². The van der Waals surface area contributed by atoms with E-state index < -0.39 is 0 Å². The van der Waals surface area contributed by atoms with E-state index in [0.717, 1.165) is 19.5 Å². The molecule has 0 radical (unpaired) electrons. The summed E-state index contributed by atoms with van der Waals surface area (Å²) in [5.74, 6) is 1.22. The minimum Gasteiger partial charge on any atom is -0.352 e. The van der Waals surface area contributed by atoms with Gasteiger partial charge in [0.15, 0.2) is 0 Å². The van der Waals surface area contributed by atoms with E-state index in [4.69, 9.17) is 0 Å². The second-order valence-corrected chi connectivity index (χ2v) is 6.10. The van der Waals surface area contributed by atoms with Crippen molar-refractivity contribution in [1.29, 1.82) is 0 Å². The maximum Gasteiger partial charge on any atom is 0.220 e. The van der Waals surface area contributed by atoms with Gasteiger partial charge in [0, 0.05) is 26.1 Å². The summed E-state index contributed by atoms with van der Waals surface area (Å²) < 4.78 is 0. The first-order valence-electron chi connectivity index (χ1n) is 7.68. The minimum absolute atomic E-state index is 0.171. The zero-order chi connectivity index (χ0) is 14.5. The predicted octanol–water partition coefficient (Wildman–Crippen LogP) is 2.98. The first kappa shape index (κ1) is 15.0. The van der Waals surface area contributed by atoms with Crippen LogP contribution >= 0.6 is 0 Å². The van der Waals surface area contributed by atoms with Gasteiger partial charge in [0.05, 0.1) is 0 Å². The van der Waals surface area contributed by atoms with Crippen LogP contribution in [0.5, 0.6) is 0 Å². The molecule has 1 aromatic carbocycles. The lowest BCUT2D eigenvalue weighted by Gasteiger charge is -2.18. The Kier molecular flexibility index (Phi) is 5.18. The summed E-state index contributed by atoms with van der Waals surface area (Å²) in [7, 11) is 0. The molecular weight excluding hydrogens is 248 g/mol. The number of rotatable bonds is 6. The lowest BCUT2D eigenvalue weighted by Crippen LogP contribution is -2.26. The van der Waals surface area contributed by atoms with Crippen molar-refractivity contribution in [3.05, 3.63) is 34.9 Å². The van der Waals surface area contributed by atoms with E-state index in [1.165, 1.54) is 16.7 Å². The molecule has 1 heterocycles. The summed E-state index contributed by atoms with van der Waals surface area (Å²) >= 11 is 0. The van der Waals surface area contributed by atoms with Crippen molar-refractivity contribution >= 4 is 5.91 Å². The summed E-state index contributed by atoms with van der Waals surface area (Å²) in [6.07, 6.45) is 1.70. The molecule has 3 heteroatoms. The number of carbonyl (C=O) groups is 1. The Morgan fingerprint density at radius 1 is 1.30 bits per heavy atom. The van der Waals surface area contributed by atoms with Crippen molar-refractivity contribution < 1.29 is 4.79 Å². The highest BCUT2D eigenvalue weighted by molar-refractivity contribution is 5.76. The Hall–Kier alpha value is -1.35. The van der Waals surface area contributed by atoms with Gasteiger partial charge in [0.25, 0.3) is 0 Å². The average Bonchev–Trinajstić information content (AvgIpc) is 2.89. The van der Waals surface area contributed by atoms with Gasteiger partial charge in [0.1, 0.15) is 0 Å². The Balaban J connectivity index is 1.84. The number of hydrogen-bond donors (Lipinski definition) is 2. The lowest BCUT2D eigenvalue weighted by atomic mass is 9.90. The van der Waals surface area contributed by atoms with Crippen LogP contribution in [-0.2, 0) is 24.4 Å². The van der Waals surface area contributed by atoms with Crippen LogP contribution in [0.2, 0.25) is 0 Å².